The van der Waals surface area contributed by atoms with Crippen molar-refractivity contribution < 1.29 is 14.1 Å². The Labute approximate surface area is 171 Å². The molecule has 1 aliphatic carbocycles. The third kappa shape index (κ3) is 3.61. The zero-order valence-corrected chi connectivity index (χ0v) is 16.4. The van der Waals surface area contributed by atoms with Gasteiger partial charge in [0, 0.05) is 11.6 Å². The molecule has 30 heavy (non-hydrogen) atoms. The van der Waals surface area contributed by atoms with Crippen molar-refractivity contribution in [3.8, 4) is 0 Å². The smallest absolute Gasteiger partial charge is 0.267 e. The molecule has 0 atom stereocenters. The maximum Gasteiger partial charge on any atom is 0.296 e. The van der Waals surface area contributed by atoms with E-state index in [1.54, 1.807) is 12.1 Å². The lowest BCUT2D eigenvalue weighted by Crippen LogP contribution is -2.23. The zero-order valence-electron chi connectivity index (χ0n) is 16.4. The molecule has 9 heteroatoms. The molecule has 2 bridgehead atoms. The number of nitro benzene ring substituents is 1. The number of halogens is 1. The second kappa shape index (κ2) is 7.25. The SMILES string of the molecule is CC1(C)Cc2nn(C(=O)c3ccc(F)cc3)c(c2N=Nc2ccccc2[N+](=O)[O-])C1. The van der Waals surface area contributed by atoms with Crippen LogP contribution in [0.4, 0.5) is 21.5 Å². The molecule has 2 aromatic carbocycles. The van der Waals surface area contributed by atoms with Crippen LogP contribution in [0.3, 0.4) is 0 Å². The highest BCUT2D eigenvalue weighted by Gasteiger charge is 2.35. The van der Waals surface area contributed by atoms with E-state index in [4.69, 9.17) is 0 Å². The number of benzene rings is 2. The molecular weight excluding hydrogens is 389 g/mol. The van der Waals surface area contributed by atoms with Crippen molar-refractivity contribution in [3.63, 3.8) is 0 Å². The Balaban J connectivity index is 1.77. The minimum atomic E-state index is -0.521. The maximum absolute atomic E-state index is 13.2. The fraction of sp³-hybridized carbons (Fsp3) is 0.238. The Kier molecular flexibility index (Phi) is 4.73. The first kappa shape index (κ1) is 19.6. The predicted molar refractivity (Wildman–Crippen MR) is 107 cm³/mol. The van der Waals surface area contributed by atoms with Gasteiger partial charge >= 0.3 is 0 Å². The van der Waals surface area contributed by atoms with Gasteiger partial charge in [-0.3, -0.25) is 14.9 Å². The molecule has 1 heterocycles. The normalized spacial score (nSPS) is 14.8. The highest BCUT2D eigenvalue weighted by atomic mass is 19.1. The first-order valence-corrected chi connectivity index (χ1v) is 9.31. The lowest BCUT2D eigenvalue weighted by molar-refractivity contribution is -0.384. The van der Waals surface area contributed by atoms with Crippen LogP contribution in [0.1, 0.15) is 35.6 Å². The van der Waals surface area contributed by atoms with Gasteiger partial charge in [-0.25, -0.2) is 4.39 Å². The van der Waals surface area contributed by atoms with Crippen LogP contribution >= 0.6 is 0 Å². The fourth-order valence-corrected chi connectivity index (χ4v) is 3.55. The van der Waals surface area contributed by atoms with E-state index in [9.17, 15) is 19.3 Å². The summed E-state index contributed by atoms with van der Waals surface area (Å²) in [5.74, 6) is -0.826. The molecule has 1 aliphatic rings. The third-order valence-electron chi connectivity index (χ3n) is 4.93. The molecule has 0 spiro atoms. The van der Waals surface area contributed by atoms with Crippen LogP contribution in [-0.2, 0) is 12.8 Å². The van der Waals surface area contributed by atoms with Crippen LogP contribution in [0.5, 0.6) is 0 Å². The number of hydrogen-bond acceptors (Lipinski definition) is 6. The van der Waals surface area contributed by atoms with Crippen molar-refractivity contribution in [1.29, 1.82) is 0 Å². The molecule has 0 aliphatic heterocycles. The molecule has 0 saturated heterocycles. The largest absolute Gasteiger partial charge is 0.296 e. The third-order valence-corrected chi connectivity index (χ3v) is 4.93. The van der Waals surface area contributed by atoms with E-state index in [0.29, 0.717) is 35.5 Å². The molecule has 1 aromatic heterocycles. The number of nitro groups is 1. The summed E-state index contributed by atoms with van der Waals surface area (Å²) in [6.45, 7) is 4.12. The average molecular weight is 407 g/mol. The lowest BCUT2D eigenvalue weighted by atomic mass is 9.79. The highest BCUT2D eigenvalue weighted by molar-refractivity contribution is 5.96. The number of rotatable bonds is 4. The number of carbonyl (C=O) groups is 1. The summed E-state index contributed by atoms with van der Waals surface area (Å²) in [6.07, 6.45) is 1.10. The monoisotopic (exact) mass is 407 g/mol. The van der Waals surface area contributed by atoms with E-state index in [0.717, 1.165) is 0 Å². The fourth-order valence-electron chi connectivity index (χ4n) is 3.55. The van der Waals surface area contributed by atoms with Crippen LogP contribution < -0.4 is 0 Å². The number of nitrogens with zero attached hydrogens (tertiary/aromatic N) is 5. The summed E-state index contributed by atoms with van der Waals surface area (Å²) in [6, 6.07) is 11.3. The van der Waals surface area contributed by atoms with Gasteiger partial charge < -0.3 is 0 Å². The molecule has 0 amide bonds. The molecule has 3 aromatic rings. The van der Waals surface area contributed by atoms with Crippen LogP contribution in [0.25, 0.3) is 0 Å². The summed E-state index contributed by atoms with van der Waals surface area (Å²) in [7, 11) is 0. The summed E-state index contributed by atoms with van der Waals surface area (Å²) in [5.41, 5.74) is 1.76. The molecule has 0 fully saturated rings. The summed E-state index contributed by atoms with van der Waals surface area (Å²) < 4.78 is 14.5. The summed E-state index contributed by atoms with van der Waals surface area (Å²) in [5, 5.41) is 24.0. The van der Waals surface area contributed by atoms with Crippen molar-refractivity contribution in [2.24, 2.45) is 15.6 Å². The topological polar surface area (TPSA) is 103 Å². The number of azo groups is 1. The first-order chi connectivity index (χ1) is 14.2. The van der Waals surface area contributed by atoms with Gasteiger partial charge in [0.05, 0.1) is 16.3 Å². The Morgan fingerprint density at radius 2 is 1.83 bits per heavy atom. The summed E-state index contributed by atoms with van der Waals surface area (Å²) >= 11 is 0. The maximum atomic E-state index is 13.2. The van der Waals surface area contributed by atoms with Gasteiger partial charge in [0.25, 0.3) is 11.6 Å². The van der Waals surface area contributed by atoms with E-state index in [-0.39, 0.29) is 16.8 Å². The number of hydrogen-bond donors (Lipinski definition) is 0. The minimum Gasteiger partial charge on any atom is -0.267 e. The van der Waals surface area contributed by atoms with Crippen molar-refractivity contribution in [2.45, 2.75) is 26.7 Å². The van der Waals surface area contributed by atoms with Gasteiger partial charge in [-0.05, 0) is 48.6 Å². The second-order valence-electron chi connectivity index (χ2n) is 7.93. The van der Waals surface area contributed by atoms with Crippen LogP contribution in [0.15, 0.2) is 58.8 Å². The van der Waals surface area contributed by atoms with Gasteiger partial charge in [-0.2, -0.15) is 9.78 Å². The molecule has 0 radical (unpaired) electrons. The molecular formula is C21H18FN5O3. The van der Waals surface area contributed by atoms with Crippen molar-refractivity contribution in [3.05, 3.63) is 81.4 Å². The van der Waals surface area contributed by atoms with E-state index >= 15 is 0 Å². The van der Waals surface area contributed by atoms with Crippen LogP contribution in [0.2, 0.25) is 0 Å². The van der Waals surface area contributed by atoms with Crippen LogP contribution in [-0.4, -0.2) is 20.6 Å². The molecule has 0 saturated carbocycles. The molecule has 0 N–H and O–H groups in total. The molecule has 4 rings (SSSR count). The number of carbonyl (C=O) groups excluding carboxylic acids is 1. The molecule has 8 nitrogen and oxygen atoms in total. The summed E-state index contributed by atoms with van der Waals surface area (Å²) in [4.78, 5) is 23.7. The van der Waals surface area contributed by atoms with E-state index in [1.807, 2.05) is 0 Å². The predicted octanol–water partition coefficient (Wildman–Crippen LogP) is 5.16. The van der Waals surface area contributed by atoms with Gasteiger partial charge in [0.15, 0.2) is 5.69 Å². The Bertz CT molecular complexity index is 1180. The average Bonchev–Trinajstić information content (AvgIpc) is 2.93. The van der Waals surface area contributed by atoms with Gasteiger partial charge in [0.1, 0.15) is 11.5 Å². The lowest BCUT2D eigenvalue weighted by Gasteiger charge is -2.26. The Morgan fingerprint density at radius 1 is 1.13 bits per heavy atom. The Hall–Kier alpha value is -3.75. The van der Waals surface area contributed by atoms with Gasteiger partial charge in [-0.1, -0.05) is 26.0 Å². The minimum absolute atomic E-state index is 0.122. The number of para-hydroxylation sites is 1. The quantitative estimate of drug-likeness (QED) is 0.338. The highest BCUT2D eigenvalue weighted by Crippen LogP contribution is 2.41. The first-order valence-electron chi connectivity index (χ1n) is 9.31. The van der Waals surface area contributed by atoms with E-state index < -0.39 is 16.6 Å². The molecule has 0 unspecified atom stereocenters. The van der Waals surface area contributed by atoms with Crippen molar-refractivity contribution in [2.75, 3.05) is 0 Å². The second-order valence-corrected chi connectivity index (χ2v) is 7.93. The number of aromatic nitrogens is 2. The molecule has 152 valence electrons. The Morgan fingerprint density at radius 3 is 2.53 bits per heavy atom. The van der Waals surface area contributed by atoms with E-state index in [1.165, 1.54) is 41.1 Å². The number of fused-ring (bicyclic) bond motifs is 2. The van der Waals surface area contributed by atoms with Crippen molar-refractivity contribution in [1.82, 2.24) is 9.78 Å². The van der Waals surface area contributed by atoms with Crippen molar-refractivity contribution >= 4 is 23.0 Å². The zero-order chi connectivity index (χ0) is 21.5. The van der Waals surface area contributed by atoms with Gasteiger partial charge in [0.2, 0.25) is 0 Å². The van der Waals surface area contributed by atoms with E-state index in [2.05, 4.69) is 29.2 Å². The van der Waals surface area contributed by atoms with Crippen LogP contribution in [0, 0.1) is 21.3 Å². The standard InChI is InChI=1S/C21H18FN5O3/c1-21(2)11-16-19(24-23-15-5-3-4-6-17(15)27(29)30)18(12-21)26(25-16)20(28)13-7-9-14(22)10-8-13/h3-10H,11-12H2,1-2H3. The van der Waals surface area contributed by atoms with Gasteiger partial charge in [-0.15, -0.1) is 10.2 Å².